The number of hydrogen-bond donors (Lipinski definition) is 0. The molecule has 0 aliphatic heterocycles. The van der Waals surface area contributed by atoms with Crippen LogP contribution >= 0.6 is 0 Å². The van der Waals surface area contributed by atoms with Crippen molar-refractivity contribution in [3.8, 4) is 0 Å². The number of hydrogen-bond acceptors (Lipinski definition) is 4. The Hall–Kier alpha value is -0.866. The Labute approximate surface area is 136 Å². The molecular formula is C17H24O4Ti. The van der Waals surface area contributed by atoms with Gasteiger partial charge in [0.15, 0.2) is 0 Å². The van der Waals surface area contributed by atoms with Crippen LogP contribution in [0.3, 0.4) is 0 Å². The Morgan fingerprint density at radius 2 is 1.64 bits per heavy atom. The van der Waals surface area contributed by atoms with E-state index >= 15 is 0 Å². The Bertz CT molecular complexity index is 539. The molecule has 0 bridgehead atoms. The fourth-order valence-corrected chi connectivity index (χ4v) is 8.63. The van der Waals surface area contributed by atoms with E-state index in [1.54, 1.807) is 11.1 Å². The van der Waals surface area contributed by atoms with E-state index in [1.165, 1.54) is 36.8 Å². The van der Waals surface area contributed by atoms with Crippen LogP contribution in [-0.4, -0.2) is 12.9 Å². The summed E-state index contributed by atoms with van der Waals surface area (Å²) in [6.45, 7) is 3.24. The number of rotatable bonds is 5. The fraction of sp³-hybridized carbons (Fsp3) is 0.647. The van der Waals surface area contributed by atoms with Crippen LogP contribution in [0.4, 0.5) is 0 Å². The zero-order chi connectivity index (χ0) is 15.7. The Morgan fingerprint density at radius 1 is 1.00 bits per heavy atom. The summed E-state index contributed by atoms with van der Waals surface area (Å²) in [7, 11) is 0. The number of fused-ring (bicyclic) bond motifs is 1. The summed E-state index contributed by atoms with van der Waals surface area (Å²) in [4.78, 5) is 21.9. The third kappa shape index (κ3) is 2.50. The van der Waals surface area contributed by atoms with Crippen molar-refractivity contribution in [2.24, 2.45) is 5.92 Å². The van der Waals surface area contributed by atoms with E-state index in [0.29, 0.717) is 18.9 Å². The van der Waals surface area contributed by atoms with Gasteiger partial charge in [0, 0.05) is 0 Å². The molecule has 5 heteroatoms. The summed E-state index contributed by atoms with van der Waals surface area (Å²) in [6, 6.07) is 0. The first-order valence-corrected chi connectivity index (χ1v) is 12.0. The predicted octanol–water partition coefficient (Wildman–Crippen LogP) is 4.15. The summed E-state index contributed by atoms with van der Waals surface area (Å²) in [5.74, 6) is 0.436. The zero-order valence-corrected chi connectivity index (χ0v) is 15.0. The first-order valence-electron chi connectivity index (χ1n) is 8.30. The van der Waals surface area contributed by atoms with E-state index in [1.807, 2.05) is 5.23 Å². The SMILES string of the molecule is CC1C2=C(CCCC2)C2=C1[CH]([Ti]([CH3])([O]C=O)[O]C=O)CCC2. The molecule has 0 heterocycles. The third-order valence-corrected chi connectivity index (χ3v) is 10.4. The van der Waals surface area contributed by atoms with Crippen LogP contribution in [0.1, 0.15) is 51.9 Å². The molecule has 0 aromatic rings. The molecular weight excluding hydrogens is 316 g/mol. The van der Waals surface area contributed by atoms with Crippen LogP contribution < -0.4 is 0 Å². The van der Waals surface area contributed by atoms with Crippen LogP contribution in [-0.2, 0) is 33.6 Å². The maximum atomic E-state index is 11.0. The van der Waals surface area contributed by atoms with Gasteiger partial charge < -0.3 is 0 Å². The molecule has 3 aliphatic rings. The van der Waals surface area contributed by atoms with E-state index in [2.05, 4.69) is 6.92 Å². The van der Waals surface area contributed by atoms with Crippen molar-refractivity contribution in [1.29, 1.82) is 0 Å². The zero-order valence-electron chi connectivity index (χ0n) is 13.4. The van der Waals surface area contributed by atoms with Crippen molar-refractivity contribution in [3.63, 3.8) is 0 Å². The van der Waals surface area contributed by atoms with Gasteiger partial charge in [0.1, 0.15) is 0 Å². The van der Waals surface area contributed by atoms with Crippen molar-refractivity contribution in [3.05, 3.63) is 22.3 Å². The summed E-state index contributed by atoms with van der Waals surface area (Å²) < 4.78 is 11.0. The molecule has 0 fully saturated rings. The van der Waals surface area contributed by atoms with Crippen LogP contribution in [0.5, 0.6) is 0 Å². The molecule has 0 amide bonds. The summed E-state index contributed by atoms with van der Waals surface area (Å²) in [5.41, 5.74) is 6.13. The molecule has 0 aromatic heterocycles. The molecule has 2 unspecified atom stereocenters. The van der Waals surface area contributed by atoms with Crippen LogP contribution in [0.15, 0.2) is 22.3 Å². The van der Waals surface area contributed by atoms with Gasteiger partial charge in [-0.3, -0.25) is 0 Å². The van der Waals surface area contributed by atoms with E-state index in [0.717, 1.165) is 19.3 Å². The third-order valence-electron chi connectivity index (χ3n) is 5.70. The number of carbonyl (C=O) groups excluding carboxylic acids is 2. The molecule has 0 N–H and O–H groups in total. The Morgan fingerprint density at radius 3 is 2.32 bits per heavy atom. The summed E-state index contributed by atoms with van der Waals surface area (Å²) in [5, 5.41) is 1.90. The average molecular weight is 340 g/mol. The second kappa shape index (κ2) is 6.33. The molecule has 0 aromatic carbocycles. The fourth-order valence-electron chi connectivity index (χ4n) is 4.75. The van der Waals surface area contributed by atoms with Gasteiger partial charge in [-0.25, -0.2) is 0 Å². The van der Waals surface area contributed by atoms with Gasteiger partial charge in [-0.15, -0.1) is 0 Å². The van der Waals surface area contributed by atoms with Crippen molar-refractivity contribution in [1.82, 2.24) is 0 Å². The second-order valence-electron chi connectivity index (χ2n) is 6.76. The van der Waals surface area contributed by atoms with Crippen molar-refractivity contribution >= 4 is 12.9 Å². The normalized spacial score (nSPS) is 28.1. The molecule has 0 spiro atoms. The maximum absolute atomic E-state index is 11.0. The number of carbonyl (C=O) groups is 2. The van der Waals surface area contributed by atoms with Gasteiger partial charge in [-0.2, -0.15) is 0 Å². The van der Waals surface area contributed by atoms with Crippen molar-refractivity contribution in [2.45, 2.75) is 61.3 Å². The quantitative estimate of drug-likeness (QED) is 0.557. The second-order valence-corrected chi connectivity index (χ2v) is 11.8. The minimum atomic E-state index is -3.45. The van der Waals surface area contributed by atoms with Crippen molar-refractivity contribution in [2.75, 3.05) is 0 Å². The van der Waals surface area contributed by atoms with Gasteiger partial charge in [0.2, 0.25) is 0 Å². The van der Waals surface area contributed by atoms with E-state index in [4.69, 9.17) is 6.64 Å². The monoisotopic (exact) mass is 340 g/mol. The van der Waals surface area contributed by atoms with Crippen LogP contribution in [0, 0.1) is 5.92 Å². The topological polar surface area (TPSA) is 52.6 Å². The molecule has 0 saturated heterocycles. The molecule has 0 saturated carbocycles. The Balaban J connectivity index is 1.99. The van der Waals surface area contributed by atoms with Gasteiger partial charge in [-0.05, 0) is 0 Å². The average Bonchev–Trinajstić information content (AvgIpc) is 2.82. The molecule has 3 rings (SSSR count). The number of allylic oxidation sites excluding steroid dienone is 4. The molecule has 0 radical (unpaired) electrons. The van der Waals surface area contributed by atoms with Gasteiger partial charge in [0.05, 0.1) is 0 Å². The van der Waals surface area contributed by atoms with Crippen molar-refractivity contribution < 1.29 is 33.6 Å². The predicted molar refractivity (Wildman–Crippen MR) is 79.4 cm³/mol. The molecule has 4 nitrogen and oxygen atoms in total. The standard InChI is InChI=1S/C14H19.2CH2O2.CH3.Ti/c1-10-11-6-2-4-8-13(11)14-9-5-3-7-12(10)14;2*2-1-3;;/h6,10H,2-5,7-9H2,1H3;2*1H,(H,2,3);1H3;/q;;;;+2/p-2. The van der Waals surface area contributed by atoms with Crippen LogP contribution in [0.25, 0.3) is 0 Å². The molecule has 22 heavy (non-hydrogen) atoms. The molecule has 3 aliphatic carbocycles. The molecule has 2 atom stereocenters. The van der Waals surface area contributed by atoms with Gasteiger partial charge in [0.25, 0.3) is 0 Å². The van der Waals surface area contributed by atoms with Gasteiger partial charge in [-0.1, -0.05) is 0 Å². The van der Waals surface area contributed by atoms with Crippen LogP contribution in [0.2, 0.25) is 9.45 Å². The first kappa shape index (κ1) is 16.0. The minimum absolute atomic E-state index is 0.153. The van der Waals surface area contributed by atoms with E-state index < -0.39 is 17.4 Å². The Kier molecular flexibility index (Phi) is 4.60. The van der Waals surface area contributed by atoms with E-state index in [9.17, 15) is 9.59 Å². The summed E-state index contributed by atoms with van der Waals surface area (Å²) >= 11 is -3.45. The molecule has 120 valence electrons. The summed E-state index contributed by atoms with van der Waals surface area (Å²) in [6.07, 6.45) is 8.15. The first-order chi connectivity index (χ1) is 10.6. The van der Waals surface area contributed by atoms with E-state index in [-0.39, 0.29) is 4.22 Å². The van der Waals surface area contributed by atoms with Gasteiger partial charge >= 0.3 is 136 Å².